The lowest BCUT2D eigenvalue weighted by Crippen LogP contribution is -2.03. The molecule has 1 fully saturated rings. The summed E-state index contributed by atoms with van der Waals surface area (Å²) in [6.45, 7) is 2.50. The molecule has 2 aromatic heterocycles. The average Bonchev–Trinajstić information content (AvgIpc) is 3.10. The highest BCUT2D eigenvalue weighted by Crippen LogP contribution is 2.26. The number of halogens is 1. The first kappa shape index (κ1) is 13.1. The minimum absolute atomic E-state index is 0.231. The van der Waals surface area contributed by atoms with Gasteiger partial charge in [-0.05, 0) is 44.1 Å². The highest BCUT2D eigenvalue weighted by Gasteiger charge is 2.10. The second kappa shape index (κ2) is 5.64. The summed E-state index contributed by atoms with van der Waals surface area (Å²) in [5.41, 5.74) is 1.09. The van der Waals surface area contributed by atoms with E-state index in [1.807, 2.05) is 0 Å². The molecule has 1 saturated heterocycles. The van der Waals surface area contributed by atoms with Gasteiger partial charge in [0.25, 0.3) is 5.56 Å². The predicted octanol–water partition coefficient (Wildman–Crippen LogP) is 2.69. The van der Waals surface area contributed by atoms with Crippen LogP contribution in [0.25, 0.3) is 22.1 Å². The van der Waals surface area contributed by atoms with Gasteiger partial charge in [-0.25, -0.2) is 4.98 Å². The molecular formula is C14H14ClN3O2. The van der Waals surface area contributed by atoms with Gasteiger partial charge in [0, 0.05) is 10.4 Å². The molecule has 1 aliphatic rings. The number of aromatic amines is 1. The fourth-order valence-electron chi connectivity index (χ4n) is 2.18. The van der Waals surface area contributed by atoms with E-state index >= 15 is 0 Å². The van der Waals surface area contributed by atoms with Crippen LogP contribution in [-0.4, -0.2) is 23.1 Å². The number of aromatic nitrogens is 2. The topological polar surface area (TPSA) is 70.9 Å². The summed E-state index contributed by atoms with van der Waals surface area (Å²) in [6, 6.07) is 5.16. The van der Waals surface area contributed by atoms with Crippen molar-refractivity contribution < 1.29 is 4.42 Å². The van der Waals surface area contributed by atoms with Crippen molar-refractivity contribution >= 4 is 33.7 Å². The maximum atomic E-state index is 11.4. The van der Waals surface area contributed by atoms with E-state index in [4.69, 9.17) is 16.0 Å². The Balaban J connectivity index is 0.000000205. The number of nitrogens with one attached hydrogen (secondary N) is 2. The molecular weight excluding hydrogens is 278 g/mol. The molecule has 6 heteroatoms. The van der Waals surface area contributed by atoms with Crippen molar-refractivity contribution in [2.45, 2.75) is 12.8 Å². The van der Waals surface area contributed by atoms with Crippen LogP contribution in [0.4, 0.5) is 0 Å². The third-order valence-corrected chi connectivity index (χ3v) is 3.41. The largest absolute Gasteiger partial charge is 0.449 e. The number of H-pyrrole nitrogens is 1. The molecule has 0 bridgehead atoms. The van der Waals surface area contributed by atoms with Crippen LogP contribution >= 0.6 is 11.6 Å². The third-order valence-electron chi connectivity index (χ3n) is 3.18. The Kier molecular flexibility index (Phi) is 3.71. The number of fused-ring (bicyclic) bond motifs is 3. The van der Waals surface area contributed by atoms with Crippen LogP contribution < -0.4 is 10.9 Å². The first-order valence-electron chi connectivity index (χ1n) is 6.52. The molecule has 104 valence electrons. The Morgan fingerprint density at radius 1 is 1.25 bits per heavy atom. The smallest absolute Gasteiger partial charge is 0.294 e. The number of nitrogens with zero attached hydrogens (tertiary/aromatic N) is 1. The molecule has 3 aromatic rings. The minimum atomic E-state index is -0.285. The Hall–Kier alpha value is -1.85. The summed E-state index contributed by atoms with van der Waals surface area (Å²) >= 11 is 5.86. The lowest BCUT2D eigenvalue weighted by molar-refractivity contribution is 0.661. The molecule has 2 N–H and O–H groups in total. The van der Waals surface area contributed by atoms with Crippen molar-refractivity contribution in [2.24, 2.45) is 0 Å². The lowest BCUT2D eigenvalue weighted by Gasteiger charge is -1.88. The van der Waals surface area contributed by atoms with Gasteiger partial charge in [0.05, 0.1) is 6.33 Å². The van der Waals surface area contributed by atoms with E-state index in [0.29, 0.717) is 16.1 Å². The van der Waals surface area contributed by atoms with Gasteiger partial charge in [-0.2, -0.15) is 0 Å². The van der Waals surface area contributed by atoms with Crippen molar-refractivity contribution in [1.29, 1.82) is 0 Å². The summed E-state index contributed by atoms with van der Waals surface area (Å²) in [7, 11) is 0. The number of furan rings is 1. The molecule has 20 heavy (non-hydrogen) atoms. The summed E-state index contributed by atoms with van der Waals surface area (Å²) in [5, 5.41) is 4.57. The van der Waals surface area contributed by atoms with Crippen LogP contribution in [0, 0.1) is 0 Å². The van der Waals surface area contributed by atoms with E-state index in [1.54, 1.807) is 18.2 Å². The molecule has 0 radical (unpaired) electrons. The normalized spacial score (nSPS) is 14.4. The number of hydrogen-bond acceptors (Lipinski definition) is 4. The Bertz CT molecular complexity index is 782. The molecule has 0 unspecified atom stereocenters. The van der Waals surface area contributed by atoms with Crippen LogP contribution in [0.5, 0.6) is 0 Å². The van der Waals surface area contributed by atoms with Crippen LogP contribution in [0.3, 0.4) is 0 Å². The maximum absolute atomic E-state index is 11.4. The highest BCUT2D eigenvalue weighted by molar-refractivity contribution is 6.31. The van der Waals surface area contributed by atoms with Gasteiger partial charge in [-0.15, -0.1) is 0 Å². The molecule has 4 rings (SSSR count). The summed E-state index contributed by atoms with van der Waals surface area (Å²) in [6.07, 6.45) is 4.13. The van der Waals surface area contributed by atoms with E-state index in [2.05, 4.69) is 15.3 Å². The molecule has 5 nitrogen and oxygen atoms in total. The number of benzene rings is 1. The second-order valence-corrected chi connectivity index (χ2v) is 5.05. The number of hydrogen-bond donors (Lipinski definition) is 2. The summed E-state index contributed by atoms with van der Waals surface area (Å²) < 4.78 is 5.37. The molecule has 1 aromatic carbocycles. The fraction of sp³-hybridized carbons (Fsp3) is 0.286. The summed E-state index contributed by atoms with van der Waals surface area (Å²) in [5.74, 6) is 0. The van der Waals surface area contributed by atoms with E-state index in [0.717, 1.165) is 5.39 Å². The van der Waals surface area contributed by atoms with Crippen molar-refractivity contribution in [1.82, 2.24) is 15.3 Å². The quantitative estimate of drug-likeness (QED) is 0.668. The maximum Gasteiger partial charge on any atom is 0.294 e. The Labute approximate surface area is 120 Å². The van der Waals surface area contributed by atoms with Gasteiger partial charge >= 0.3 is 0 Å². The molecule has 0 aliphatic carbocycles. The zero-order valence-electron chi connectivity index (χ0n) is 10.8. The van der Waals surface area contributed by atoms with Gasteiger partial charge < -0.3 is 14.7 Å². The summed E-state index contributed by atoms with van der Waals surface area (Å²) in [4.78, 5) is 17.9. The van der Waals surface area contributed by atoms with Gasteiger partial charge in [-0.3, -0.25) is 4.79 Å². The first-order valence-corrected chi connectivity index (χ1v) is 6.89. The van der Waals surface area contributed by atoms with Crippen LogP contribution in [0.2, 0.25) is 5.02 Å². The monoisotopic (exact) mass is 291 g/mol. The predicted molar refractivity (Wildman–Crippen MR) is 79.2 cm³/mol. The van der Waals surface area contributed by atoms with Gasteiger partial charge in [-0.1, -0.05) is 11.6 Å². The first-order chi connectivity index (χ1) is 9.75. The van der Waals surface area contributed by atoms with Crippen LogP contribution in [0.15, 0.2) is 33.7 Å². The number of rotatable bonds is 0. The standard InChI is InChI=1S/C10H5ClN2O2.C4H9N/c11-5-1-2-7-6(3-5)8-9(15-7)10(14)13-4-12-8;1-2-4-5-3-1/h1-4H,(H,12,13,14);5H,1-4H2. The highest BCUT2D eigenvalue weighted by atomic mass is 35.5. The Morgan fingerprint density at radius 3 is 2.75 bits per heavy atom. The van der Waals surface area contributed by atoms with Crippen molar-refractivity contribution in [3.05, 3.63) is 39.9 Å². The molecule has 0 spiro atoms. The van der Waals surface area contributed by atoms with Gasteiger partial charge in [0.1, 0.15) is 11.1 Å². The van der Waals surface area contributed by atoms with Crippen LogP contribution in [-0.2, 0) is 0 Å². The molecule has 0 saturated carbocycles. The molecule has 0 atom stereocenters. The zero-order valence-corrected chi connectivity index (χ0v) is 11.5. The van der Waals surface area contributed by atoms with E-state index < -0.39 is 0 Å². The second-order valence-electron chi connectivity index (χ2n) is 4.61. The fourth-order valence-corrected chi connectivity index (χ4v) is 2.36. The zero-order chi connectivity index (χ0) is 13.9. The molecule has 0 amide bonds. The van der Waals surface area contributed by atoms with Crippen LogP contribution in [0.1, 0.15) is 12.8 Å². The lowest BCUT2D eigenvalue weighted by atomic mass is 10.2. The van der Waals surface area contributed by atoms with Crippen molar-refractivity contribution in [3.8, 4) is 0 Å². The third kappa shape index (κ3) is 2.55. The van der Waals surface area contributed by atoms with Gasteiger partial charge in [0.2, 0.25) is 5.58 Å². The average molecular weight is 292 g/mol. The van der Waals surface area contributed by atoms with Crippen molar-refractivity contribution in [2.75, 3.05) is 13.1 Å². The van der Waals surface area contributed by atoms with E-state index in [9.17, 15) is 4.79 Å². The van der Waals surface area contributed by atoms with E-state index in [1.165, 1.54) is 32.3 Å². The molecule has 3 heterocycles. The van der Waals surface area contributed by atoms with Gasteiger partial charge in [0.15, 0.2) is 0 Å². The minimum Gasteiger partial charge on any atom is -0.449 e. The molecule has 1 aliphatic heterocycles. The SMILES string of the molecule is C1CCNC1.O=c1[nH]cnc2c1oc1ccc(Cl)cc12. The van der Waals surface area contributed by atoms with E-state index in [-0.39, 0.29) is 11.1 Å². The Morgan fingerprint density at radius 2 is 2.05 bits per heavy atom. The van der Waals surface area contributed by atoms with Crippen molar-refractivity contribution in [3.63, 3.8) is 0 Å².